The van der Waals surface area contributed by atoms with Gasteiger partial charge in [0, 0.05) is 22.4 Å². The van der Waals surface area contributed by atoms with E-state index in [-0.39, 0.29) is 5.43 Å². The number of rotatable bonds is 1. The van der Waals surface area contributed by atoms with Crippen LogP contribution in [0.2, 0.25) is 0 Å². The monoisotopic (exact) mass is 378 g/mol. The molecule has 2 nitrogen and oxygen atoms in total. The Bertz CT molecular complexity index is 1400. The molecule has 0 amide bonds. The van der Waals surface area contributed by atoms with Gasteiger partial charge in [-0.3, -0.25) is 4.79 Å². The molecule has 2 aliphatic carbocycles. The smallest absolute Gasteiger partial charge is 0.190 e. The highest BCUT2D eigenvalue weighted by Gasteiger charge is 2.27. The summed E-state index contributed by atoms with van der Waals surface area (Å²) in [6.45, 7) is 0. The lowest BCUT2D eigenvalue weighted by atomic mass is 9.78. The van der Waals surface area contributed by atoms with E-state index >= 15 is 0 Å². The Morgan fingerprint density at radius 3 is 2.31 bits per heavy atom. The second kappa shape index (κ2) is 6.45. The summed E-state index contributed by atoms with van der Waals surface area (Å²) in [5.41, 5.74) is 3.43. The van der Waals surface area contributed by atoms with Crippen LogP contribution in [0.15, 0.2) is 75.9 Å². The molecule has 0 unspecified atom stereocenters. The molecule has 0 saturated heterocycles. The lowest BCUT2D eigenvalue weighted by Gasteiger charge is -2.27. The van der Waals surface area contributed by atoms with Crippen LogP contribution in [0.4, 0.5) is 0 Å². The SMILES string of the molecule is O=c1cc2oc3ccc4ccccc4c3c(C3CCCCC3)c-2c2ccccc12. The Labute approximate surface area is 169 Å². The van der Waals surface area contributed by atoms with E-state index in [2.05, 4.69) is 42.5 Å². The van der Waals surface area contributed by atoms with E-state index in [0.717, 1.165) is 27.7 Å². The molecule has 6 rings (SSSR count). The fourth-order valence-electron chi connectivity index (χ4n) is 5.33. The Hall–Kier alpha value is -3.13. The van der Waals surface area contributed by atoms with Gasteiger partial charge in [-0.2, -0.15) is 0 Å². The summed E-state index contributed by atoms with van der Waals surface area (Å²) in [5, 5.41) is 5.51. The van der Waals surface area contributed by atoms with E-state index < -0.39 is 0 Å². The van der Waals surface area contributed by atoms with Gasteiger partial charge in [-0.15, -0.1) is 0 Å². The molecule has 1 aliphatic heterocycles. The van der Waals surface area contributed by atoms with Crippen LogP contribution >= 0.6 is 0 Å². The Morgan fingerprint density at radius 1 is 0.759 bits per heavy atom. The molecule has 0 atom stereocenters. The lowest BCUT2D eigenvalue weighted by molar-refractivity contribution is 0.444. The number of benzene rings is 4. The molecular formula is C27H22O2. The van der Waals surface area contributed by atoms with Gasteiger partial charge in [0.1, 0.15) is 11.3 Å². The van der Waals surface area contributed by atoms with Crippen molar-refractivity contribution in [1.82, 2.24) is 0 Å². The summed E-state index contributed by atoms with van der Waals surface area (Å²) in [7, 11) is 0. The van der Waals surface area contributed by atoms with Gasteiger partial charge in [0.15, 0.2) is 5.43 Å². The van der Waals surface area contributed by atoms with E-state index in [0.29, 0.717) is 5.92 Å². The maximum atomic E-state index is 12.8. The Balaban J connectivity index is 1.88. The highest BCUT2D eigenvalue weighted by Crippen LogP contribution is 2.47. The van der Waals surface area contributed by atoms with E-state index in [9.17, 15) is 4.79 Å². The normalized spacial score (nSPS) is 15.6. The van der Waals surface area contributed by atoms with E-state index in [4.69, 9.17) is 4.42 Å². The Kier molecular flexibility index (Phi) is 3.73. The molecule has 2 heteroatoms. The van der Waals surface area contributed by atoms with Crippen molar-refractivity contribution in [2.24, 2.45) is 0 Å². The molecule has 1 fully saturated rings. The molecule has 0 bridgehead atoms. The number of hydrogen-bond acceptors (Lipinski definition) is 2. The van der Waals surface area contributed by atoms with Crippen molar-refractivity contribution >= 4 is 32.5 Å². The van der Waals surface area contributed by atoms with Gasteiger partial charge in [0.25, 0.3) is 0 Å². The highest BCUT2D eigenvalue weighted by molar-refractivity contribution is 6.12. The van der Waals surface area contributed by atoms with E-state index in [1.807, 2.05) is 18.2 Å². The second-order valence-electron chi connectivity index (χ2n) is 8.30. The van der Waals surface area contributed by atoms with Crippen molar-refractivity contribution in [2.45, 2.75) is 38.0 Å². The quantitative estimate of drug-likeness (QED) is 0.227. The van der Waals surface area contributed by atoms with Gasteiger partial charge >= 0.3 is 0 Å². The van der Waals surface area contributed by atoms with Gasteiger partial charge in [-0.25, -0.2) is 0 Å². The third-order valence-corrected chi connectivity index (χ3v) is 6.63. The van der Waals surface area contributed by atoms with Crippen LogP contribution in [0.1, 0.15) is 43.6 Å². The van der Waals surface area contributed by atoms with Crippen LogP contribution in [0.25, 0.3) is 43.8 Å². The van der Waals surface area contributed by atoms with Crippen LogP contribution in [0, 0.1) is 0 Å². The zero-order chi connectivity index (χ0) is 19.4. The van der Waals surface area contributed by atoms with Crippen molar-refractivity contribution in [2.75, 3.05) is 0 Å². The average Bonchev–Trinajstić information content (AvgIpc) is 2.78. The predicted molar refractivity (Wildman–Crippen MR) is 120 cm³/mol. The molecular weight excluding hydrogens is 356 g/mol. The zero-order valence-corrected chi connectivity index (χ0v) is 16.3. The van der Waals surface area contributed by atoms with Gasteiger partial charge in [0.2, 0.25) is 0 Å². The van der Waals surface area contributed by atoms with Crippen LogP contribution in [-0.2, 0) is 0 Å². The Morgan fingerprint density at radius 2 is 1.48 bits per heavy atom. The third kappa shape index (κ3) is 2.52. The van der Waals surface area contributed by atoms with Gasteiger partial charge in [0.05, 0.1) is 0 Å². The molecule has 0 spiro atoms. The van der Waals surface area contributed by atoms with E-state index in [1.54, 1.807) is 6.07 Å². The van der Waals surface area contributed by atoms with Crippen molar-refractivity contribution in [3.8, 4) is 11.3 Å². The number of fused-ring (bicyclic) bond motifs is 6. The van der Waals surface area contributed by atoms with Crippen LogP contribution in [0.3, 0.4) is 0 Å². The molecule has 1 heterocycles. The van der Waals surface area contributed by atoms with Crippen molar-refractivity contribution < 1.29 is 4.42 Å². The van der Waals surface area contributed by atoms with Gasteiger partial charge < -0.3 is 4.42 Å². The molecule has 29 heavy (non-hydrogen) atoms. The minimum atomic E-state index is 0.0339. The zero-order valence-electron chi connectivity index (χ0n) is 16.3. The van der Waals surface area contributed by atoms with E-state index in [1.165, 1.54) is 53.8 Å². The molecule has 142 valence electrons. The summed E-state index contributed by atoms with van der Waals surface area (Å²) in [5.74, 6) is 1.22. The second-order valence-corrected chi connectivity index (χ2v) is 8.30. The molecule has 3 aromatic rings. The summed E-state index contributed by atoms with van der Waals surface area (Å²) in [6.07, 6.45) is 6.25. The first kappa shape index (κ1) is 16.8. The molecule has 3 aliphatic rings. The minimum Gasteiger partial charge on any atom is -0.456 e. The first-order valence-corrected chi connectivity index (χ1v) is 10.6. The molecule has 0 N–H and O–H groups in total. The average molecular weight is 378 g/mol. The fraction of sp³-hybridized carbons (Fsp3) is 0.222. The van der Waals surface area contributed by atoms with Crippen LogP contribution in [-0.4, -0.2) is 0 Å². The maximum Gasteiger partial charge on any atom is 0.190 e. The lowest BCUT2D eigenvalue weighted by Crippen LogP contribution is -2.10. The molecule has 1 saturated carbocycles. The summed E-state index contributed by atoms with van der Waals surface area (Å²) < 4.78 is 6.37. The summed E-state index contributed by atoms with van der Waals surface area (Å²) in [6, 6.07) is 22.5. The largest absolute Gasteiger partial charge is 0.456 e. The molecule has 0 radical (unpaired) electrons. The minimum absolute atomic E-state index is 0.0339. The summed E-state index contributed by atoms with van der Waals surface area (Å²) >= 11 is 0. The summed E-state index contributed by atoms with van der Waals surface area (Å²) in [4.78, 5) is 12.8. The maximum absolute atomic E-state index is 12.8. The number of hydrogen-bond donors (Lipinski definition) is 0. The van der Waals surface area contributed by atoms with Crippen molar-refractivity contribution in [3.05, 3.63) is 82.5 Å². The molecule has 0 aromatic heterocycles. The van der Waals surface area contributed by atoms with Crippen LogP contribution < -0.4 is 5.43 Å². The van der Waals surface area contributed by atoms with Crippen LogP contribution in [0.5, 0.6) is 0 Å². The first-order chi connectivity index (χ1) is 14.3. The highest BCUT2D eigenvalue weighted by atomic mass is 16.3. The molecule has 3 aromatic carbocycles. The third-order valence-electron chi connectivity index (χ3n) is 6.63. The van der Waals surface area contributed by atoms with Crippen molar-refractivity contribution in [1.29, 1.82) is 0 Å². The predicted octanol–water partition coefficient (Wildman–Crippen LogP) is 7.25. The van der Waals surface area contributed by atoms with Crippen molar-refractivity contribution in [3.63, 3.8) is 0 Å². The topological polar surface area (TPSA) is 30.2 Å². The first-order valence-electron chi connectivity index (χ1n) is 10.6. The standard InChI is InChI=1S/C27H22O2/c28-22-16-24-27(21-13-7-6-12-20(21)22)25(18-9-2-1-3-10-18)26-19-11-5-4-8-17(19)14-15-23(26)29-24/h4-8,11-16,18H,1-3,9-10H2. The van der Waals surface area contributed by atoms with Gasteiger partial charge in [-0.05, 0) is 46.5 Å². The van der Waals surface area contributed by atoms with Gasteiger partial charge in [-0.1, -0.05) is 73.9 Å². The fourth-order valence-corrected chi connectivity index (χ4v) is 5.33.